The van der Waals surface area contributed by atoms with Crippen molar-refractivity contribution in [2.45, 2.75) is 329 Å². The maximum absolute atomic E-state index is 13.0. The van der Waals surface area contributed by atoms with Gasteiger partial charge < -0.3 is 33.8 Å². The zero-order valence-electron chi connectivity index (χ0n) is 59.1. The molecule has 17 nitrogen and oxygen atoms in total. The second kappa shape index (κ2) is 67.8. The van der Waals surface area contributed by atoms with Crippen LogP contribution in [0.2, 0.25) is 0 Å². The molecule has 0 spiro atoms. The molecular formula is C75H132O17P2. The van der Waals surface area contributed by atoms with E-state index in [0.29, 0.717) is 25.7 Å². The molecule has 0 aromatic rings. The van der Waals surface area contributed by atoms with E-state index >= 15 is 0 Å². The van der Waals surface area contributed by atoms with Crippen molar-refractivity contribution in [2.24, 2.45) is 0 Å². The van der Waals surface area contributed by atoms with Gasteiger partial charge in [0.05, 0.1) is 26.4 Å². The Kier molecular flexibility index (Phi) is 65.1. The lowest BCUT2D eigenvalue weighted by molar-refractivity contribution is -0.161. The van der Waals surface area contributed by atoms with E-state index in [-0.39, 0.29) is 25.7 Å². The third kappa shape index (κ3) is 66.8. The highest BCUT2D eigenvalue weighted by molar-refractivity contribution is 7.47. The number of phosphoric acid groups is 2. The molecule has 0 radical (unpaired) electrons. The first-order chi connectivity index (χ1) is 45.7. The molecule has 0 aliphatic carbocycles. The molecule has 0 aromatic heterocycles. The molecular weight excluding hydrogens is 1230 g/mol. The van der Waals surface area contributed by atoms with E-state index < -0.39 is 97.5 Å². The molecule has 0 saturated carbocycles. The van der Waals surface area contributed by atoms with Crippen LogP contribution >= 0.6 is 15.6 Å². The Bertz CT molecular complexity index is 2120. The summed E-state index contributed by atoms with van der Waals surface area (Å²) in [5, 5.41) is 10.6. The van der Waals surface area contributed by atoms with Gasteiger partial charge in [0.1, 0.15) is 19.3 Å². The van der Waals surface area contributed by atoms with Gasteiger partial charge in [0.25, 0.3) is 0 Å². The first-order valence-electron chi connectivity index (χ1n) is 36.8. The van der Waals surface area contributed by atoms with Gasteiger partial charge in [-0.1, -0.05) is 254 Å². The smallest absolute Gasteiger partial charge is 0.462 e. The Balaban J connectivity index is 5.35. The summed E-state index contributed by atoms with van der Waals surface area (Å²) in [6, 6.07) is 0. The van der Waals surface area contributed by atoms with E-state index in [1.807, 2.05) is 0 Å². The second-order valence-corrected chi connectivity index (χ2v) is 27.4. The highest BCUT2D eigenvalue weighted by Crippen LogP contribution is 2.45. The summed E-state index contributed by atoms with van der Waals surface area (Å²) in [5.74, 6) is -2.23. The Morgan fingerprint density at radius 2 is 0.564 bits per heavy atom. The second-order valence-electron chi connectivity index (χ2n) is 24.5. The molecule has 0 aliphatic rings. The minimum Gasteiger partial charge on any atom is -0.462 e. The van der Waals surface area contributed by atoms with Crippen molar-refractivity contribution in [2.75, 3.05) is 39.6 Å². The molecule has 0 amide bonds. The van der Waals surface area contributed by atoms with Crippen LogP contribution in [0.4, 0.5) is 0 Å². The lowest BCUT2D eigenvalue weighted by Crippen LogP contribution is -2.30. The molecule has 0 rings (SSSR count). The van der Waals surface area contributed by atoms with Crippen LogP contribution in [-0.2, 0) is 65.4 Å². The third-order valence-electron chi connectivity index (χ3n) is 15.3. The van der Waals surface area contributed by atoms with E-state index in [4.69, 9.17) is 37.0 Å². The number of aliphatic hydroxyl groups is 1. The Hall–Kier alpha value is -3.76. The molecule has 0 saturated heterocycles. The minimum absolute atomic E-state index is 0.0820. The van der Waals surface area contributed by atoms with Crippen LogP contribution < -0.4 is 0 Å². The van der Waals surface area contributed by atoms with Crippen molar-refractivity contribution in [3.63, 3.8) is 0 Å². The number of unbranched alkanes of at least 4 members (excludes halogenated alkanes) is 29. The van der Waals surface area contributed by atoms with E-state index in [2.05, 4.69) is 113 Å². The number of rotatable bonds is 69. The molecule has 5 atom stereocenters. The van der Waals surface area contributed by atoms with E-state index in [0.717, 1.165) is 148 Å². The number of allylic oxidation sites excluding steroid dienone is 14. The maximum atomic E-state index is 13.0. The average Bonchev–Trinajstić information content (AvgIpc) is 1.55. The number of phosphoric ester groups is 2. The average molecular weight is 1370 g/mol. The summed E-state index contributed by atoms with van der Waals surface area (Å²) in [6.45, 7) is 4.63. The van der Waals surface area contributed by atoms with Crippen molar-refractivity contribution in [3.05, 3.63) is 85.1 Å². The fourth-order valence-corrected chi connectivity index (χ4v) is 11.3. The van der Waals surface area contributed by atoms with Gasteiger partial charge in [0.2, 0.25) is 0 Å². The Labute approximate surface area is 570 Å². The van der Waals surface area contributed by atoms with Crippen LogP contribution in [0.25, 0.3) is 0 Å². The largest absolute Gasteiger partial charge is 0.472 e. The number of hydrogen-bond donors (Lipinski definition) is 3. The van der Waals surface area contributed by atoms with Crippen molar-refractivity contribution >= 4 is 39.5 Å². The summed E-state index contributed by atoms with van der Waals surface area (Å²) < 4.78 is 68.3. The number of aliphatic hydroxyl groups excluding tert-OH is 1. The highest BCUT2D eigenvalue weighted by atomic mass is 31.2. The predicted octanol–water partition coefficient (Wildman–Crippen LogP) is 20.7. The SMILES string of the molecule is CC/C=C\C/C=C\C/C=C\C/C=C\CCCCC(=O)OCC(COP(=O)(O)OCC(O)COP(=O)(O)OCC(COC(=O)CCCCCCC/C=C\C/C=C\CCCCC)OC(=O)CCCCCCC/C=C\CCCC)OC(=O)CCCCCCCCCCCCCCC. The Morgan fingerprint density at radius 3 is 0.936 bits per heavy atom. The fourth-order valence-electron chi connectivity index (χ4n) is 9.69. The molecule has 3 N–H and O–H groups in total. The summed E-state index contributed by atoms with van der Waals surface area (Å²) in [5.41, 5.74) is 0. The van der Waals surface area contributed by atoms with Crippen molar-refractivity contribution in [1.29, 1.82) is 0 Å². The zero-order valence-corrected chi connectivity index (χ0v) is 60.9. The van der Waals surface area contributed by atoms with Crippen LogP contribution in [0.1, 0.15) is 310 Å². The molecule has 94 heavy (non-hydrogen) atoms. The first kappa shape index (κ1) is 90.2. The normalized spacial score (nSPS) is 14.5. The van der Waals surface area contributed by atoms with Gasteiger partial charge in [-0.05, 0) is 116 Å². The first-order valence-corrected chi connectivity index (χ1v) is 39.8. The monoisotopic (exact) mass is 1370 g/mol. The highest BCUT2D eigenvalue weighted by Gasteiger charge is 2.30. The number of carbonyl (C=O) groups excluding carboxylic acids is 4. The standard InChI is InChI=1S/C75H132O17P2/c1-5-9-13-17-21-25-29-32-34-37-40-43-47-51-55-59-72(77)85-65-70(91-74(79)61-57-53-49-45-39-28-24-20-16-12-8-4)67-89-93(81,82)87-63-69(76)64-88-94(83,84)90-68-71(92-75(80)62-58-54-50-46-42-36-31-27-23-19-15-11-7-3)66-86-73(78)60-56-52-48-44-41-38-35-33-30-26-22-18-14-10-6-2/h10,14,20-22,24-26,32-35,41,44,69-71,76H,5-9,11-13,15-19,23,27-31,36-40,42-43,45-68H2,1-4H3,(H,81,82)(H,83,84)/b14-10-,24-20-,25-21-,26-22-,34-32-,35-33-,44-41-. The number of esters is 4. The Morgan fingerprint density at radius 1 is 0.309 bits per heavy atom. The number of carbonyl (C=O) groups is 4. The van der Waals surface area contributed by atoms with Gasteiger partial charge in [-0.2, -0.15) is 0 Å². The van der Waals surface area contributed by atoms with Gasteiger partial charge in [-0.3, -0.25) is 37.3 Å². The van der Waals surface area contributed by atoms with Crippen molar-refractivity contribution in [3.8, 4) is 0 Å². The molecule has 544 valence electrons. The lowest BCUT2D eigenvalue weighted by atomic mass is 10.0. The van der Waals surface area contributed by atoms with E-state index in [9.17, 15) is 43.2 Å². The van der Waals surface area contributed by atoms with Gasteiger partial charge in [0, 0.05) is 25.7 Å². The zero-order chi connectivity index (χ0) is 69.0. The predicted molar refractivity (Wildman–Crippen MR) is 381 cm³/mol. The van der Waals surface area contributed by atoms with Crippen LogP contribution in [0.5, 0.6) is 0 Å². The summed E-state index contributed by atoms with van der Waals surface area (Å²) >= 11 is 0. The molecule has 0 aliphatic heterocycles. The van der Waals surface area contributed by atoms with Crippen molar-refractivity contribution in [1.82, 2.24) is 0 Å². The van der Waals surface area contributed by atoms with Crippen LogP contribution in [-0.4, -0.2) is 96.7 Å². The summed E-state index contributed by atoms with van der Waals surface area (Å²) in [4.78, 5) is 72.6. The number of ether oxygens (including phenoxy) is 4. The van der Waals surface area contributed by atoms with Gasteiger partial charge in [-0.15, -0.1) is 0 Å². The van der Waals surface area contributed by atoms with E-state index in [1.165, 1.54) is 83.5 Å². The third-order valence-corrected chi connectivity index (χ3v) is 17.2. The quantitative estimate of drug-likeness (QED) is 0.0169. The summed E-state index contributed by atoms with van der Waals surface area (Å²) in [7, 11) is -9.95. The van der Waals surface area contributed by atoms with E-state index in [1.54, 1.807) is 0 Å². The van der Waals surface area contributed by atoms with Gasteiger partial charge in [0.15, 0.2) is 12.2 Å². The van der Waals surface area contributed by atoms with Crippen LogP contribution in [0.15, 0.2) is 85.1 Å². The van der Waals surface area contributed by atoms with Gasteiger partial charge in [-0.25, -0.2) is 9.13 Å². The molecule has 0 heterocycles. The molecule has 0 aromatic carbocycles. The summed E-state index contributed by atoms with van der Waals surface area (Å²) in [6.07, 6.45) is 67.3. The van der Waals surface area contributed by atoms with Crippen molar-refractivity contribution < 1.29 is 80.2 Å². The fraction of sp³-hybridized carbons (Fsp3) is 0.760. The maximum Gasteiger partial charge on any atom is 0.472 e. The van der Waals surface area contributed by atoms with Gasteiger partial charge >= 0.3 is 39.5 Å². The number of hydrogen-bond acceptors (Lipinski definition) is 15. The van der Waals surface area contributed by atoms with Crippen LogP contribution in [0, 0.1) is 0 Å². The lowest BCUT2D eigenvalue weighted by Gasteiger charge is -2.21. The van der Waals surface area contributed by atoms with Crippen LogP contribution in [0.3, 0.4) is 0 Å². The molecule has 5 unspecified atom stereocenters. The minimum atomic E-state index is -4.98. The molecule has 0 fully saturated rings. The topological polar surface area (TPSA) is 237 Å². The molecule has 19 heteroatoms. The molecule has 0 bridgehead atoms.